The number of hydrogen-bond donors (Lipinski definition) is 1. The summed E-state index contributed by atoms with van der Waals surface area (Å²) in [5, 5.41) is 2.77. The van der Waals surface area contributed by atoms with Crippen LogP contribution in [0.25, 0.3) is 0 Å². The average molecular weight is 322 g/mol. The van der Waals surface area contributed by atoms with Gasteiger partial charge < -0.3 is 10.2 Å². The van der Waals surface area contributed by atoms with E-state index in [1.807, 2.05) is 31.2 Å². The molecule has 0 bridgehead atoms. The third kappa shape index (κ3) is 4.71. The molecular formula is C16H22N2OS2. The van der Waals surface area contributed by atoms with Gasteiger partial charge in [0.15, 0.2) is 0 Å². The lowest BCUT2D eigenvalue weighted by molar-refractivity contribution is -0.115. The minimum absolute atomic E-state index is 0.00537. The smallest absolute Gasteiger partial charge is 0.237 e. The summed E-state index contributed by atoms with van der Waals surface area (Å²) in [5.41, 5.74) is 2.11. The first kappa shape index (κ1) is 16.3. The van der Waals surface area contributed by atoms with E-state index in [2.05, 4.69) is 17.1 Å². The Morgan fingerprint density at radius 1 is 1.33 bits per heavy atom. The highest BCUT2D eigenvalue weighted by molar-refractivity contribution is 8.23. The van der Waals surface area contributed by atoms with Gasteiger partial charge in [-0.25, -0.2) is 0 Å². The number of aryl methyl sites for hydroxylation is 1. The normalized spacial score (nSPS) is 15.8. The minimum Gasteiger partial charge on any atom is -0.358 e. The second-order valence-electron chi connectivity index (χ2n) is 5.26. The average Bonchev–Trinajstić information content (AvgIpc) is 3.02. The molecule has 3 nitrogen and oxygen atoms in total. The van der Waals surface area contributed by atoms with Crippen molar-refractivity contribution in [3.63, 3.8) is 0 Å². The summed E-state index contributed by atoms with van der Waals surface area (Å²) in [4.78, 5) is 14.4. The fourth-order valence-corrected chi connectivity index (χ4v) is 3.66. The van der Waals surface area contributed by atoms with Gasteiger partial charge in [0.2, 0.25) is 5.91 Å². The lowest BCUT2D eigenvalue weighted by Gasteiger charge is -2.20. The topological polar surface area (TPSA) is 32.3 Å². The maximum Gasteiger partial charge on any atom is 0.237 e. The van der Waals surface area contributed by atoms with Gasteiger partial charge in [0, 0.05) is 18.8 Å². The molecule has 1 aromatic carbocycles. The van der Waals surface area contributed by atoms with E-state index < -0.39 is 0 Å². The molecule has 0 aromatic heterocycles. The van der Waals surface area contributed by atoms with Crippen molar-refractivity contribution in [2.45, 2.75) is 38.4 Å². The molecule has 21 heavy (non-hydrogen) atoms. The number of likely N-dealkylation sites (tertiary alicyclic amines) is 1. The van der Waals surface area contributed by atoms with Crippen LogP contribution in [0.15, 0.2) is 24.3 Å². The predicted octanol–water partition coefficient (Wildman–Crippen LogP) is 3.69. The number of nitrogens with one attached hydrogen (secondary N) is 1. The monoisotopic (exact) mass is 322 g/mol. The van der Waals surface area contributed by atoms with E-state index in [1.165, 1.54) is 30.2 Å². The van der Waals surface area contributed by atoms with Crippen LogP contribution in [0.3, 0.4) is 0 Å². The zero-order valence-corrected chi connectivity index (χ0v) is 14.2. The number of carbonyl (C=O) groups is 1. The highest BCUT2D eigenvalue weighted by Crippen LogP contribution is 2.21. The van der Waals surface area contributed by atoms with Crippen molar-refractivity contribution in [2.24, 2.45) is 0 Å². The fourth-order valence-electron chi connectivity index (χ4n) is 2.25. The Kier molecular flexibility index (Phi) is 6.06. The van der Waals surface area contributed by atoms with E-state index in [9.17, 15) is 4.79 Å². The Hall–Kier alpha value is -1.07. The van der Waals surface area contributed by atoms with Gasteiger partial charge in [-0.05, 0) is 43.9 Å². The molecule has 5 heteroatoms. The van der Waals surface area contributed by atoms with Crippen molar-refractivity contribution in [1.29, 1.82) is 0 Å². The molecule has 0 radical (unpaired) electrons. The van der Waals surface area contributed by atoms with Crippen molar-refractivity contribution >= 4 is 39.9 Å². The first-order chi connectivity index (χ1) is 10.1. The zero-order chi connectivity index (χ0) is 15.2. The SMILES string of the molecule is CCc1ccc(NC(=O)C(C)SC(=S)N2CCCC2)cc1. The molecule has 1 aliphatic rings. The number of carbonyl (C=O) groups excluding carboxylic acids is 1. The highest BCUT2D eigenvalue weighted by atomic mass is 32.2. The Bertz CT molecular complexity index is 496. The van der Waals surface area contributed by atoms with E-state index >= 15 is 0 Å². The van der Waals surface area contributed by atoms with Crippen LogP contribution in [0.4, 0.5) is 5.69 Å². The molecule has 0 aliphatic carbocycles. The molecule has 1 fully saturated rings. The molecule has 1 amide bonds. The first-order valence-corrected chi connectivity index (χ1v) is 8.74. The van der Waals surface area contributed by atoms with E-state index in [0.717, 1.165) is 29.5 Å². The second kappa shape index (κ2) is 7.80. The molecule has 1 saturated heterocycles. The van der Waals surface area contributed by atoms with E-state index in [0.29, 0.717) is 0 Å². The van der Waals surface area contributed by atoms with Gasteiger partial charge in [-0.2, -0.15) is 0 Å². The molecule has 0 saturated carbocycles. The van der Waals surface area contributed by atoms with Crippen molar-refractivity contribution in [3.8, 4) is 0 Å². The Balaban J connectivity index is 1.85. The number of nitrogens with zero attached hydrogens (tertiary/aromatic N) is 1. The Labute approximate surface area is 136 Å². The van der Waals surface area contributed by atoms with Crippen LogP contribution in [0.2, 0.25) is 0 Å². The van der Waals surface area contributed by atoms with Crippen molar-refractivity contribution in [1.82, 2.24) is 4.90 Å². The van der Waals surface area contributed by atoms with Gasteiger partial charge in [0.25, 0.3) is 0 Å². The van der Waals surface area contributed by atoms with E-state index in [-0.39, 0.29) is 11.2 Å². The van der Waals surface area contributed by atoms with E-state index in [1.54, 1.807) is 0 Å². The van der Waals surface area contributed by atoms with Crippen LogP contribution in [-0.2, 0) is 11.2 Å². The van der Waals surface area contributed by atoms with Gasteiger partial charge in [0.05, 0.1) is 5.25 Å². The number of thiocarbonyl (C=S) groups is 1. The Morgan fingerprint density at radius 3 is 2.52 bits per heavy atom. The van der Waals surface area contributed by atoms with Gasteiger partial charge in [-0.1, -0.05) is 43.0 Å². The van der Waals surface area contributed by atoms with Crippen molar-refractivity contribution in [2.75, 3.05) is 18.4 Å². The quantitative estimate of drug-likeness (QED) is 0.857. The number of rotatable bonds is 4. The number of thioether (sulfide) groups is 1. The summed E-state index contributed by atoms with van der Waals surface area (Å²) >= 11 is 6.89. The summed E-state index contributed by atoms with van der Waals surface area (Å²) in [6, 6.07) is 7.99. The minimum atomic E-state index is -0.177. The molecule has 114 valence electrons. The third-order valence-corrected chi connectivity index (χ3v) is 5.22. The number of anilines is 1. The molecule has 1 aromatic rings. The number of benzene rings is 1. The van der Waals surface area contributed by atoms with Crippen molar-refractivity contribution in [3.05, 3.63) is 29.8 Å². The molecule has 1 aliphatic heterocycles. The zero-order valence-electron chi connectivity index (χ0n) is 12.6. The largest absolute Gasteiger partial charge is 0.358 e. The molecule has 2 rings (SSSR count). The molecule has 1 atom stereocenters. The summed E-state index contributed by atoms with van der Waals surface area (Å²) in [5.74, 6) is 0.00537. The number of amides is 1. The maximum absolute atomic E-state index is 12.2. The lowest BCUT2D eigenvalue weighted by atomic mass is 10.1. The molecule has 0 spiro atoms. The predicted molar refractivity (Wildman–Crippen MR) is 94.9 cm³/mol. The first-order valence-electron chi connectivity index (χ1n) is 7.45. The third-order valence-electron chi connectivity index (χ3n) is 3.64. The van der Waals surface area contributed by atoms with Crippen LogP contribution in [0, 0.1) is 0 Å². The molecule has 1 N–H and O–H groups in total. The molecule has 1 unspecified atom stereocenters. The summed E-state index contributed by atoms with van der Waals surface area (Å²) < 4.78 is 0.844. The van der Waals surface area contributed by atoms with Gasteiger partial charge >= 0.3 is 0 Å². The maximum atomic E-state index is 12.2. The molecular weight excluding hydrogens is 300 g/mol. The Morgan fingerprint density at radius 2 is 1.95 bits per heavy atom. The van der Waals surface area contributed by atoms with Gasteiger partial charge in [-0.15, -0.1) is 0 Å². The van der Waals surface area contributed by atoms with Crippen LogP contribution in [0.5, 0.6) is 0 Å². The van der Waals surface area contributed by atoms with Crippen LogP contribution in [-0.4, -0.2) is 33.5 Å². The molecule has 1 heterocycles. The van der Waals surface area contributed by atoms with E-state index in [4.69, 9.17) is 12.2 Å². The number of hydrogen-bond acceptors (Lipinski definition) is 3. The fraction of sp³-hybridized carbons (Fsp3) is 0.500. The summed E-state index contributed by atoms with van der Waals surface area (Å²) in [6.45, 7) is 6.08. The van der Waals surface area contributed by atoms with Gasteiger partial charge in [-0.3, -0.25) is 4.79 Å². The highest BCUT2D eigenvalue weighted by Gasteiger charge is 2.21. The summed E-state index contributed by atoms with van der Waals surface area (Å²) in [6.07, 6.45) is 3.40. The lowest BCUT2D eigenvalue weighted by Crippen LogP contribution is -2.29. The van der Waals surface area contributed by atoms with Gasteiger partial charge in [0.1, 0.15) is 4.32 Å². The van der Waals surface area contributed by atoms with Crippen LogP contribution in [0.1, 0.15) is 32.3 Å². The van der Waals surface area contributed by atoms with Crippen LogP contribution < -0.4 is 5.32 Å². The summed E-state index contributed by atoms with van der Waals surface area (Å²) in [7, 11) is 0. The second-order valence-corrected chi connectivity index (χ2v) is 7.23. The van der Waals surface area contributed by atoms with Crippen molar-refractivity contribution < 1.29 is 4.79 Å². The standard InChI is InChI=1S/C16H22N2OS2/c1-3-13-6-8-14(9-7-13)17-15(19)12(2)21-16(20)18-10-4-5-11-18/h6-9,12H,3-5,10-11H2,1-2H3,(H,17,19). The van der Waals surface area contributed by atoms with Crippen LogP contribution >= 0.6 is 24.0 Å².